The van der Waals surface area contributed by atoms with Crippen LogP contribution < -0.4 is 5.32 Å². The topological polar surface area (TPSA) is 91.5 Å². The van der Waals surface area contributed by atoms with Crippen molar-refractivity contribution < 1.29 is 14.4 Å². The lowest BCUT2D eigenvalue weighted by Gasteiger charge is -2.26. The van der Waals surface area contributed by atoms with Gasteiger partial charge in [-0.25, -0.2) is 4.79 Å². The van der Waals surface area contributed by atoms with Crippen molar-refractivity contribution in [3.8, 4) is 0 Å². The molecule has 0 spiro atoms. The van der Waals surface area contributed by atoms with E-state index >= 15 is 0 Å². The molecule has 3 unspecified atom stereocenters. The lowest BCUT2D eigenvalue weighted by Crippen LogP contribution is -2.43. The Morgan fingerprint density at radius 3 is 2.71 bits per heavy atom. The molecule has 1 aromatic heterocycles. The predicted molar refractivity (Wildman–Crippen MR) is 88.4 cm³/mol. The maximum atomic E-state index is 12.5. The number of nitrogens with zero attached hydrogens (tertiary/aromatic N) is 3. The largest absolute Gasteiger partial charge is 0.393 e. The molecule has 2 aliphatic rings. The van der Waals surface area contributed by atoms with Gasteiger partial charge in [-0.2, -0.15) is 4.98 Å². The van der Waals surface area contributed by atoms with Crippen LogP contribution in [0.1, 0.15) is 69.6 Å². The number of amides is 2. The summed E-state index contributed by atoms with van der Waals surface area (Å²) in [5.41, 5.74) is 0. The number of urea groups is 1. The van der Waals surface area contributed by atoms with E-state index < -0.39 is 0 Å². The first kappa shape index (κ1) is 17.2. The molecule has 1 heterocycles. The summed E-state index contributed by atoms with van der Waals surface area (Å²) in [6, 6.07) is -0.465. The van der Waals surface area contributed by atoms with Crippen molar-refractivity contribution in [2.24, 2.45) is 11.8 Å². The van der Waals surface area contributed by atoms with Crippen molar-refractivity contribution in [3.05, 3.63) is 11.7 Å². The highest BCUT2D eigenvalue weighted by Gasteiger charge is 2.33. The fraction of sp³-hybridized carbons (Fsp3) is 0.824. The number of hydrogen-bond acceptors (Lipinski definition) is 5. The van der Waals surface area contributed by atoms with Gasteiger partial charge in [0.15, 0.2) is 5.82 Å². The molecule has 24 heavy (non-hydrogen) atoms. The van der Waals surface area contributed by atoms with E-state index in [0.717, 1.165) is 37.9 Å². The summed E-state index contributed by atoms with van der Waals surface area (Å²) in [5.74, 6) is 1.98. The summed E-state index contributed by atoms with van der Waals surface area (Å²) < 4.78 is 5.39. The summed E-state index contributed by atoms with van der Waals surface area (Å²) >= 11 is 0. The highest BCUT2D eigenvalue weighted by atomic mass is 16.5. The van der Waals surface area contributed by atoms with Crippen LogP contribution in [0.2, 0.25) is 0 Å². The van der Waals surface area contributed by atoms with Crippen LogP contribution in [0, 0.1) is 11.8 Å². The third-order valence-corrected chi connectivity index (χ3v) is 5.09. The van der Waals surface area contributed by atoms with Gasteiger partial charge in [-0.3, -0.25) is 0 Å². The van der Waals surface area contributed by atoms with Crippen molar-refractivity contribution in [1.82, 2.24) is 20.4 Å². The number of carbonyl (C=O) groups is 1. The minimum absolute atomic E-state index is 0.145. The second-order valence-corrected chi connectivity index (χ2v) is 7.58. The maximum absolute atomic E-state index is 12.5. The maximum Gasteiger partial charge on any atom is 0.317 e. The number of hydrogen-bond donors (Lipinski definition) is 2. The summed E-state index contributed by atoms with van der Waals surface area (Å²) in [6.45, 7) is 4.61. The van der Waals surface area contributed by atoms with Gasteiger partial charge < -0.3 is 19.8 Å². The molecule has 1 aromatic rings. The van der Waals surface area contributed by atoms with Crippen molar-refractivity contribution in [2.75, 3.05) is 13.6 Å². The third kappa shape index (κ3) is 3.88. The number of rotatable bonds is 6. The van der Waals surface area contributed by atoms with Crippen LogP contribution in [0.15, 0.2) is 4.52 Å². The van der Waals surface area contributed by atoms with Crippen molar-refractivity contribution >= 4 is 6.03 Å². The van der Waals surface area contributed by atoms with Crippen LogP contribution >= 0.6 is 0 Å². The quantitative estimate of drug-likeness (QED) is 0.832. The molecule has 3 rings (SSSR count). The minimum atomic E-state index is -0.298. The van der Waals surface area contributed by atoms with E-state index in [-0.39, 0.29) is 30.0 Å². The van der Waals surface area contributed by atoms with Crippen LogP contribution in [0.4, 0.5) is 4.79 Å². The molecule has 2 amide bonds. The zero-order valence-electron chi connectivity index (χ0n) is 14.7. The van der Waals surface area contributed by atoms with Gasteiger partial charge in [0, 0.05) is 25.4 Å². The van der Waals surface area contributed by atoms with Crippen LogP contribution in [-0.4, -0.2) is 45.9 Å². The number of aromatic nitrogens is 2. The van der Waals surface area contributed by atoms with E-state index in [1.165, 1.54) is 0 Å². The Bertz CT molecular complexity index is 570. The molecule has 0 saturated heterocycles. The molecule has 2 fully saturated rings. The van der Waals surface area contributed by atoms with Gasteiger partial charge in [0.2, 0.25) is 5.89 Å². The Hall–Kier alpha value is -1.63. The molecule has 0 bridgehead atoms. The lowest BCUT2D eigenvalue weighted by atomic mass is 10.0. The van der Waals surface area contributed by atoms with Gasteiger partial charge in [0.05, 0.1) is 6.10 Å². The molecule has 7 nitrogen and oxygen atoms in total. The highest BCUT2D eigenvalue weighted by Crippen LogP contribution is 2.38. The predicted octanol–water partition coefficient (Wildman–Crippen LogP) is 2.45. The van der Waals surface area contributed by atoms with Crippen molar-refractivity contribution in [3.63, 3.8) is 0 Å². The molecule has 0 radical (unpaired) electrons. The Labute approximate surface area is 142 Å². The van der Waals surface area contributed by atoms with Crippen LogP contribution in [0.5, 0.6) is 0 Å². The molecular formula is C17H28N4O3. The zero-order valence-corrected chi connectivity index (χ0v) is 14.7. The molecule has 0 aromatic carbocycles. The Balaban J connectivity index is 1.60. The molecule has 2 aliphatic carbocycles. The fourth-order valence-electron chi connectivity index (χ4n) is 3.30. The Morgan fingerprint density at radius 2 is 2.12 bits per heavy atom. The summed E-state index contributed by atoms with van der Waals surface area (Å²) in [6.07, 6.45) is 4.77. The first-order valence-electron chi connectivity index (χ1n) is 8.99. The number of nitrogens with one attached hydrogen (secondary N) is 1. The SMILES string of the molecule is CC(C)C(NC(=O)N(C)CC1CCCC1O)c1nc(C2CC2)no1. The number of aliphatic hydroxyl groups excluding tert-OH is 1. The molecular weight excluding hydrogens is 308 g/mol. The lowest BCUT2D eigenvalue weighted by molar-refractivity contribution is 0.112. The van der Waals surface area contributed by atoms with Crippen LogP contribution in [0.3, 0.4) is 0 Å². The van der Waals surface area contributed by atoms with E-state index in [0.29, 0.717) is 18.4 Å². The molecule has 7 heteroatoms. The molecule has 2 saturated carbocycles. The average molecular weight is 336 g/mol. The van der Waals surface area contributed by atoms with E-state index in [2.05, 4.69) is 15.5 Å². The second-order valence-electron chi connectivity index (χ2n) is 7.58. The third-order valence-electron chi connectivity index (χ3n) is 5.09. The summed E-state index contributed by atoms with van der Waals surface area (Å²) in [5, 5.41) is 17.0. The van der Waals surface area contributed by atoms with Crippen molar-refractivity contribution in [1.29, 1.82) is 0 Å². The highest BCUT2D eigenvalue weighted by molar-refractivity contribution is 5.74. The smallest absolute Gasteiger partial charge is 0.317 e. The average Bonchev–Trinajstić information content (AvgIpc) is 3.15. The molecule has 3 atom stereocenters. The normalized spacial score (nSPS) is 25.0. The Kier molecular flexibility index (Phi) is 5.08. The van der Waals surface area contributed by atoms with E-state index in [1.807, 2.05) is 13.8 Å². The first-order valence-corrected chi connectivity index (χ1v) is 8.99. The van der Waals surface area contributed by atoms with E-state index in [9.17, 15) is 9.90 Å². The van der Waals surface area contributed by atoms with Gasteiger partial charge in [0.1, 0.15) is 6.04 Å². The second kappa shape index (κ2) is 7.09. The standard InChI is InChI=1S/C17H28N4O3/c1-10(2)14(16-19-15(20-24-16)11-7-8-11)18-17(23)21(3)9-12-5-4-6-13(12)22/h10-14,22H,4-9H2,1-3H3,(H,18,23). The molecule has 0 aliphatic heterocycles. The zero-order chi connectivity index (χ0) is 17.3. The van der Waals surface area contributed by atoms with E-state index in [4.69, 9.17) is 4.52 Å². The molecule has 134 valence electrons. The molecule has 2 N–H and O–H groups in total. The van der Waals surface area contributed by atoms with Gasteiger partial charge >= 0.3 is 6.03 Å². The number of carbonyl (C=O) groups excluding carboxylic acids is 1. The van der Waals surface area contributed by atoms with E-state index in [1.54, 1.807) is 11.9 Å². The fourth-order valence-corrected chi connectivity index (χ4v) is 3.30. The summed E-state index contributed by atoms with van der Waals surface area (Å²) in [7, 11) is 1.77. The first-order chi connectivity index (χ1) is 11.5. The van der Waals surface area contributed by atoms with Crippen LogP contribution in [0.25, 0.3) is 0 Å². The van der Waals surface area contributed by atoms with Gasteiger partial charge in [-0.15, -0.1) is 0 Å². The monoisotopic (exact) mass is 336 g/mol. The van der Waals surface area contributed by atoms with Gasteiger partial charge in [-0.05, 0) is 31.6 Å². The van der Waals surface area contributed by atoms with Gasteiger partial charge in [0.25, 0.3) is 0 Å². The summed E-state index contributed by atoms with van der Waals surface area (Å²) in [4.78, 5) is 18.6. The Morgan fingerprint density at radius 1 is 1.38 bits per heavy atom. The van der Waals surface area contributed by atoms with Crippen LogP contribution in [-0.2, 0) is 0 Å². The number of aliphatic hydroxyl groups is 1. The van der Waals surface area contributed by atoms with Crippen molar-refractivity contribution in [2.45, 2.75) is 64.0 Å². The minimum Gasteiger partial charge on any atom is -0.393 e. The van der Waals surface area contributed by atoms with Gasteiger partial charge in [-0.1, -0.05) is 25.4 Å².